The fraction of sp³-hybridized carbons (Fsp3) is 0.679. The number of nitrogens with zero attached hydrogens (tertiary/aromatic N) is 1. The standard InChI is InChI=1S/C16H19N3O5S.C12H22O11/c1-16(2)11(15(23)24)19-13(22)10(14(19)25-16)18-12(21)9(17)7-3-5-8(20)6-4-7;13-1-3-5(15)6(16)9(19)12(22-3)23-10-4(2-14)21-11(20)8(18)7(10)17/h3-6,9-11,14,20H,17H2,1-2H3,(H,18,21)(H,23,24);3-20H,1-2H2/t9-,10-,11+,14-;3-,4-,5-,6+,7-,8-,9-,10-,11-,12-/m11/s1. The number of β-lactam (4-membered cyclic amide) rings is 1. The number of aliphatic hydroxyl groups is 8. The van der Waals surface area contributed by atoms with Crippen molar-refractivity contribution in [2.45, 2.75) is 104 Å². The number of hydrogen-bond acceptors (Lipinski definition) is 17. The van der Waals surface area contributed by atoms with Crippen molar-refractivity contribution in [3.8, 4) is 5.75 Å². The first-order chi connectivity index (χ1) is 22.4. The number of ether oxygens (including phenoxy) is 3. The van der Waals surface area contributed by atoms with Crippen molar-refractivity contribution in [2.75, 3.05) is 13.2 Å². The van der Waals surface area contributed by atoms with Crippen LogP contribution in [0.15, 0.2) is 24.3 Å². The topological polar surface area (TPSA) is 322 Å². The van der Waals surface area contributed by atoms with Gasteiger partial charge in [0.1, 0.15) is 78.1 Å². The zero-order valence-electron chi connectivity index (χ0n) is 25.7. The minimum absolute atomic E-state index is 0.0606. The highest BCUT2D eigenvalue weighted by Gasteiger charge is 2.64. The molecular weight excluding hydrogens is 666 g/mol. The molecule has 4 aliphatic rings. The highest BCUT2D eigenvalue weighted by atomic mass is 32.2. The molecule has 0 aromatic heterocycles. The van der Waals surface area contributed by atoms with E-state index in [4.69, 9.17) is 25.1 Å². The van der Waals surface area contributed by atoms with E-state index in [1.54, 1.807) is 13.8 Å². The Bertz CT molecular complexity index is 1300. The summed E-state index contributed by atoms with van der Waals surface area (Å²) in [4.78, 5) is 37.5. The number of carboxylic acids is 1. The number of carboxylic acid groups (broad SMARTS) is 1. The fourth-order valence-corrected chi connectivity index (χ4v) is 7.42. The molecule has 48 heavy (non-hydrogen) atoms. The van der Waals surface area contributed by atoms with Crippen LogP contribution in [-0.2, 0) is 28.6 Å². The van der Waals surface area contributed by atoms with Gasteiger partial charge in [-0.05, 0) is 31.5 Å². The summed E-state index contributed by atoms with van der Waals surface area (Å²) in [6, 6.07) is 3.21. The number of hydrogen-bond donors (Lipinski definition) is 12. The molecule has 0 aliphatic carbocycles. The Morgan fingerprint density at radius 3 is 2.12 bits per heavy atom. The minimum atomic E-state index is -1.74. The van der Waals surface area contributed by atoms with Crippen LogP contribution in [0.25, 0.3) is 0 Å². The third kappa shape index (κ3) is 7.40. The Morgan fingerprint density at radius 1 is 0.958 bits per heavy atom. The van der Waals surface area contributed by atoms with Gasteiger partial charge < -0.3 is 81.2 Å². The van der Waals surface area contributed by atoms with Gasteiger partial charge in [-0.3, -0.25) is 9.59 Å². The number of phenolic OH excluding ortho intramolecular Hbond substituents is 1. The van der Waals surface area contributed by atoms with Crippen molar-refractivity contribution in [3.63, 3.8) is 0 Å². The molecule has 4 fully saturated rings. The molecule has 5 rings (SSSR count). The molecule has 4 aliphatic heterocycles. The SMILES string of the molecule is CC1(C)S[C@@H]2[C@H](NC(=O)[C@H](N)c3ccc(O)cc3)C(=O)N2[C@H]1C(=O)O.OC[C@H]1O[C@H](O[C@H]2[C@H](O)[C@@H](O)[C@H](O)O[C@@H]2CO)[C@H](O)[C@@H](O)[C@@H]1O. The van der Waals surface area contributed by atoms with Crippen LogP contribution in [0.2, 0.25) is 0 Å². The molecule has 0 radical (unpaired) electrons. The molecular formula is C28H41N3O16S. The second kappa shape index (κ2) is 15.0. The van der Waals surface area contributed by atoms with Gasteiger partial charge in [0.2, 0.25) is 11.8 Å². The van der Waals surface area contributed by atoms with Crippen LogP contribution < -0.4 is 11.1 Å². The van der Waals surface area contributed by atoms with Crippen LogP contribution in [0.3, 0.4) is 0 Å². The van der Waals surface area contributed by atoms with Crippen LogP contribution in [0.5, 0.6) is 5.75 Å². The Kier molecular flexibility index (Phi) is 11.9. The lowest BCUT2D eigenvalue weighted by Gasteiger charge is -2.45. The lowest BCUT2D eigenvalue weighted by molar-refractivity contribution is -0.355. The summed E-state index contributed by atoms with van der Waals surface area (Å²) in [5.74, 6) is -1.94. The molecule has 4 saturated heterocycles. The highest BCUT2D eigenvalue weighted by molar-refractivity contribution is 8.01. The van der Waals surface area contributed by atoms with E-state index in [2.05, 4.69) is 5.32 Å². The van der Waals surface area contributed by atoms with Crippen LogP contribution in [0.1, 0.15) is 25.5 Å². The van der Waals surface area contributed by atoms with E-state index < -0.39 is 121 Å². The van der Waals surface area contributed by atoms with Crippen LogP contribution in [0, 0.1) is 0 Å². The fourth-order valence-electron chi connectivity index (χ4n) is 5.79. The molecule has 0 bridgehead atoms. The molecule has 1 aromatic rings. The number of aromatic hydroxyl groups is 1. The predicted octanol–water partition coefficient (Wildman–Crippen LogP) is -5.37. The second-order valence-corrected chi connectivity index (χ2v) is 14.0. The maximum Gasteiger partial charge on any atom is 0.327 e. The number of rotatable bonds is 8. The van der Waals surface area contributed by atoms with E-state index in [-0.39, 0.29) is 5.75 Å². The van der Waals surface area contributed by atoms with E-state index in [0.717, 1.165) is 0 Å². The number of aliphatic carboxylic acids is 1. The number of aliphatic hydroxyl groups excluding tert-OH is 8. The number of carbonyl (C=O) groups excluding carboxylic acids is 2. The summed E-state index contributed by atoms with van der Waals surface area (Å²) in [6.07, 6.45) is -15.6. The Hall–Kier alpha value is -2.70. The number of amides is 2. The van der Waals surface area contributed by atoms with Gasteiger partial charge in [-0.15, -0.1) is 11.8 Å². The summed E-state index contributed by atoms with van der Waals surface area (Å²) in [6.45, 7) is 2.19. The highest BCUT2D eigenvalue weighted by Crippen LogP contribution is 2.50. The first-order valence-corrected chi connectivity index (χ1v) is 15.7. The third-order valence-corrected chi connectivity index (χ3v) is 10.1. The number of benzene rings is 1. The summed E-state index contributed by atoms with van der Waals surface area (Å²) >= 11 is 1.35. The molecule has 20 heteroatoms. The summed E-state index contributed by atoms with van der Waals surface area (Å²) < 4.78 is 14.6. The Balaban J connectivity index is 0.000000218. The van der Waals surface area contributed by atoms with Gasteiger partial charge in [0.15, 0.2) is 12.6 Å². The first kappa shape index (κ1) is 38.1. The zero-order valence-corrected chi connectivity index (χ0v) is 26.5. The van der Waals surface area contributed by atoms with E-state index >= 15 is 0 Å². The first-order valence-electron chi connectivity index (χ1n) is 14.8. The van der Waals surface area contributed by atoms with Crippen molar-refractivity contribution in [3.05, 3.63) is 29.8 Å². The number of phenols is 1. The van der Waals surface area contributed by atoms with Crippen molar-refractivity contribution >= 4 is 29.5 Å². The number of nitrogens with two attached hydrogens (primary N) is 1. The average molecular weight is 708 g/mol. The van der Waals surface area contributed by atoms with Gasteiger partial charge in [-0.1, -0.05) is 12.1 Å². The number of thioether (sulfide) groups is 1. The monoisotopic (exact) mass is 707 g/mol. The van der Waals surface area contributed by atoms with Gasteiger partial charge >= 0.3 is 5.97 Å². The van der Waals surface area contributed by atoms with Crippen molar-refractivity contribution in [2.24, 2.45) is 5.73 Å². The van der Waals surface area contributed by atoms with E-state index in [1.807, 2.05) is 0 Å². The summed E-state index contributed by atoms with van der Waals surface area (Å²) in [5, 5.41) is 97.4. The van der Waals surface area contributed by atoms with Gasteiger partial charge in [-0.2, -0.15) is 0 Å². The van der Waals surface area contributed by atoms with Crippen molar-refractivity contribution < 1.29 is 79.7 Å². The van der Waals surface area contributed by atoms with Crippen LogP contribution >= 0.6 is 11.8 Å². The van der Waals surface area contributed by atoms with Gasteiger partial charge in [0.05, 0.1) is 13.2 Å². The summed E-state index contributed by atoms with van der Waals surface area (Å²) in [7, 11) is 0. The molecule has 4 heterocycles. The quantitative estimate of drug-likeness (QED) is 0.112. The minimum Gasteiger partial charge on any atom is -0.508 e. The van der Waals surface area contributed by atoms with Crippen molar-refractivity contribution in [1.29, 1.82) is 0 Å². The molecule has 1 aromatic carbocycles. The molecule has 14 atom stereocenters. The molecule has 270 valence electrons. The van der Waals surface area contributed by atoms with E-state index in [0.29, 0.717) is 5.56 Å². The van der Waals surface area contributed by atoms with Crippen LogP contribution in [0.4, 0.5) is 0 Å². The maximum atomic E-state index is 12.3. The average Bonchev–Trinajstić information content (AvgIpc) is 3.31. The Labute approximate surface area is 277 Å². The van der Waals surface area contributed by atoms with Crippen LogP contribution in [-0.4, -0.2) is 171 Å². The van der Waals surface area contributed by atoms with Gasteiger partial charge in [0, 0.05) is 4.75 Å². The normalized spacial score (nSPS) is 39.4. The molecule has 13 N–H and O–H groups in total. The van der Waals surface area contributed by atoms with E-state index in [9.17, 15) is 60.3 Å². The second-order valence-electron chi connectivity index (χ2n) is 12.2. The summed E-state index contributed by atoms with van der Waals surface area (Å²) in [5.41, 5.74) is 6.41. The maximum absolute atomic E-state index is 12.3. The lowest BCUT2D eigenvalue weighted by atomic mass is 9.95. The smallest absolute Gasteiger partial charge is 0.327 e. The molecule has 0 spiro atoms. The number of carbonyl (C=O) groups is 3. The molecule has 0 unspecified atom stereocenters. The largest absolute Gasteiger partial charge is 0.508 e. The number of fused-ring (bicyclic) bond motifs is 1. The van der Waals surface area contributed by atoms with E-state index in [1.165, 1.54) is 40.9 Å². The Morgan fingerprint density at radius 2 is 1.56 bits per heavy atom. The predicted molar refractivity (Wildman–Crippen MR) is 159 cm³/mol. The number of nitrogens with one attached hydrogen (secondary N) is 1. The third-order valence-electron chi connectivity index (χ3n) is 8.49. The van der Waals surface area contributed by atoms with Gasteiger partial charge in [0.25, 0.3) is 0 Å². The van der Waals surface area contributed by atoms with Crippen molar-refractivity contribution in [1.82, 2.24) is 10.2 Å². The zero-order chi connectivity index (χ0) is 35.8. The van der Waals surface area contributed by atoms with Gasteiger partial charge in [-0.25, -0.2) is 4.79 Å². The molecule has 19 nitrogen and oxygen atoms in total. The lowest BCUT2D eigenvalue weighted by Crippen LogP contribution is -2.71. The molecule has 2 amide bonds. The molecule has 0 saturated carbocycles.